The number of amides is 4. The number of hydrogen-bond acceptors (Lipinski definition) is 5. The summed E-state index contributed by atoms with van der Waals surface area (Å²) in [5.41, 5.74) is 2.04. The van der Waals surface area contributed by atoms with Gasteiger partial charge in [-0.1, -0.05) is 6.92 Å². The van der Waals surface area contributed by atoms with Crippen LogP contribution in [0.1, 0.15) is 34.1 Å². The summed E-state index contributed by atoms with van der Waals surface area (Å²) >= 11 is 0. The minimum absolute atomic E-state index is 0.135. The average molecular weight is 370 g/mol. The van der Waals surface area contributed by atoms with E-state index in [9.17, 15) is 14.4 Å². The lowest BCUT2D eigenvalue weighted by Crippen LogP contribution is -2.57. The van der Waals surface area contributed by atoms with Crippen molar-refractivity contribution in [2.75, 3.05) is 39.8 Å². The first-order valence-electron chi connectivity index (χ1n) is 9.01. The van der Waals surface area contributed by atoms with Crippen LogP contribution in [0.25, 0.3) is 0 Å². The molecule has 0 spiro atoms. The Labute approximate surface area is 154 Å². The molecule has 0 aliphatic carbocycles. The molecule has 26 heavy (non-hydrogen) atoms. The van der Waals surface area contributed by atoms with Crippen molar-refractivity contribution in [1.29, 1.82) is 0 Å². The van der Waals surface area contributed by atoms with Gasteiger partial charge < -0.3 is 19.3 Å². The molecule has 0 aromatic rings. The van der Waals surface area contributed by atoms with Crippen molar-refractivity contribution < 1.29 is 23.9 Å². The second kappa shape index (κ2) is 8.11. The van der Waals surface area contributed by atoms with Crippen LogP contribution in [0.4, 0.5) is 9.59 Å². The van der Waals surface area contributed by atoms with Gasteiger partial charge in [0.05, 0.1) is 0 Å². The van der Waals surface area contributed by atoms with Gasteiger partial charge in [0.1, 0.15) is 11.7 Å². The maximum Gasteiger partial charge on any atom is 0.410 e. The molecule has 4 amide bonds. The summed E-state index contributed by atoms with van der Waals surface area (Å²) in [6.45, 7) is 9.52. The SMILES string of the molecule is C[C@@H]1CCO[C@H]1C(=O)NN(C)C(=O)N1CCN(C(=O)OC(C)(C)C)CC1. The van der Waals surface area contributed by atoms with E-state index < -0.39 is 11.7 Å². The Morgan fingerprint density at radius 1 is 1.12 bits per heavy atom. The molecule has 0 aromatic heterocycles. The zero-order chi connectivity index (χ0) is 19.5. The van der Waals surface area contributed by atoms with Crippen LogP contribution in [0.3, 0.4) is 0 Å². The van der Waals surface area contributed by atoms with Crippen LogP contribution < -0.4 is 5.43 Å². The lowest BCUT2D eigenvalue weighted by atomic mass is 10.0. The van der Waals surface area contributed by atoms with E-state index >= 15 is 0 Å². The molecule has 9 nitrogen and oxygen atoms in total. The van der Waals surface area contributed by atoms with Crippen molar-refractivity contribution in [1.82, 2.24) is 20.2 Å². The van der Waals surface area contributed by atoms with E-state index in [2.05, 4.69) is 5.43 Å². The fourth-order valence-electron chi connectivity index (χ4n) is 2.93. The number of nitrogens with one attached hydrogen (secondary N) is 1. The van der Waals surface area contributed by atoms with Crippen molar-refractivity contribution in [3.8, 4) is 0 Å². The second-order valence-corrected chi connectivity index (χ2v) is 7.83. The van der Waals surface area contributed by atoms with E-state index in [-0.39, 0.29) is 23.9 Å². The molecule has 2 saturated heterocycles. The predicted octanol–water partition coefficient (Wildman–Crippen LogP) is 1.05. The molecule has 9 heteroatoms. The number of rotatable bonds is 1. The number of hydrazine groups is 1. The number of nitrogens with zero attached hydrogens (tertiary/aromatic N) is 3. The Morgan fingerprint density at radius 3 is 2.19 bits per heavy atom. The maximum atomic E-state index is 12.5. The van der Waals surface area contributed by atoms with Gasteiger partial charge in [-0.25, -0.2) is 14.6 Å². The monoisotopic (exact) mass is 370 g/mol. The fraction of sp³-hybridized carbons (Fsp3) is 0.824. The summed E-state index contributed by atoms with van der Waals surface area (Å²) in [7, 11) is 1.51. The molecule has 0 radical (unpaired) electrons. The van der Waals surface area contributed by atoms with Gasteiger partial charge >= 0.3 is 12.1 Å². The maximum absolute atomic E-state index is 12.5. The topological polar surface area (TPSA) is 91.4 Å². The number of piperazine rings is 1. The van der Waals surface area contributed by atoms with Gasteiger partial charge in [-0.15, -0.1) is 0 Å². The van der Waals surface area contributed by atoms with Gasteiger partial charge in [-0.2, -0.15) is 0 Å². The normalized spacial score (nSPS) is 23.6. The summed E-state index contributed by atoms with van der Waals surface area (Å²) in [5.74, 6) is -0.172. The summed E-state index contributed by atoms with van der Waals surface area (Å²) in [4.78, 5) is 40.0. The van der Waals surface area contributed by atoms with Gasteiger partial charge in [-0.05, 0) is 33.1 Å². The van der Waals surface area contributed by atoms with E-state index in [1.54, 1.807) is 9.80 Å². The summed E-state index contributed by atoms with van der Waals surface area (Å²) < 4.78 is 10.8. The van der Waals surface area contributed by atoms with Crippen molar-refractivity contribution in [3.05, 3.63) is 0 Å². The van der Waals surface area contributed by atoms with Gasteiger partial charge in [0.2, 0.25) is 0 Å². The molecule has 1 N–H and O–H groups in total. The lowest BCUT2D eigenvalue weighted by Gasteiger charge is -2.37. The summed E-state index contributed by atoms with van der Waals surface area (Å²) in [6.07, 6.45) is -0.0598. The molecule has 2 fully saturated rings. The van der Waals surface area contributed by atoms with Gasteiger partial charge in [-0.3, -0.25) is 10.2 Å². The molecule has 0 saturated carbocycles. The van der Waals surface area contributed by atoms with Crippen LogP contribution in [0.5, 0.6) is 0 Å². The molecule has 0 unspecified atom stereocenters. The second-order valence-electron chi connectivity index (χ2n) is 7.83. The Hall–Kier alpha value is -2.03. The molecule has 148 valence electrons. The first-order chi connectivity index (χ1) is 12.1. The molecular weight excluding hydrogens is 340 g/mol. The Bertz CT molecular complexity index is 540. The molecule has 2 atom stereocenters. The van der Waals surface area contributed by atoms with Crippen molar-refractivity contribution >= 4 is 18.0 Å². The molecule has 0 aromatic carbocycles. The molecule has 2 aliphatic heterocycles. The number of carbonyl (C=O) groups is 3. The predicted molar refractivity (Wildman–Crippen MR) is 94.2 cm³/mol. The highest BCUT2D eigenvalue weighted by atomic mass is 16.6. The van der Waals surface area contributed by atoms with E-state index in [0.29, 0.717) is 32.8 Å². The Kier molecular flexibility index (Phi) is 6.33. The van der Waals surface area contributed by atoms with Crippen LogP contribution in [-0.4, -0.2) is 84.4 Å². The van der Waals surface area contributed by atoms with Crippen molar-refractivity contribution in [2.45, 2.75) is 45.8 Å². The van der Waals surface area contributed by atoms with E-state index in [0.717, 1.165) is 6.42 Å². The molecule has 0 bridgehead atoms. The standard InChI is InChI=1S/C17H30N4O5/c1-12-6-11-25-13(12)14(22)18-19(5)15(23)20-7-9-21(10-8-20)16(24)26-17(2,3)4/h12-13H,6-11H2,1-5H3,(H,18,22)/t12-,13-/m1/s1. The smallest absolute Gasteiger partial charge is 0.410 e. The van der Waals surface area contributed by atoms with Crippen LogP contribution >= 0.6 is 0 Å². The van der Waals surface area contributed by atoms with Crippen LogP contribution in [0.2, 0.25) is 0 Å². The first-order valence-corrected chi connectivity index (χ1v) is 9.01. The number of urea groups is 1. The number of hydrogen-bond donors (Lipinski definition) is 1. The highest BCUT2D eigenvalue weighted by Crippen LogP contribution is 2.20. The zero-order valence-corrected chi connectivity index (χ0v) is 16.3. The third-order valence-electron chi connectivity index (χ3n) is 4.41. The highest BCUT2D eigenvalue weighted by molar-refractivity contribution is 5.84. The number of carbonyl (C=O) groups excluding carboxylic acids is 3. The summed E-state index contributed by atoms with van der Waals surface area (Å²) in [6, 6.07) is -0.312. The zero-order valence-electron chi connectivity index (χ0n) is 16.3. The Morgan fingerprint density at radius 2 is 1.69 bits per heavy atom. The molecule has 2 rings (SSSR count). The van der Waals surface area contributed by atoms with Gasteiger partial charge in [0.25, 0.3) is 5.91 Å². The van der Waals surface area contributed by atoms with Crippen LogP contribution in [-0.2, 0) is 14.3 Å². The average Bonchev–Trinajstić information content (AvgIpc) is 2.98. The minimum atomic E-state index is -0.548. The largest absolute Gasteiger partial charge is 0.444 e. The molecular formula is C17H30N4O5. The van der Waals surface area contributed by atoms with E-state index in [1.807, 2.05) is 27.7 Å². The lowest BCUT2D eigenvalue weighted by molar-refractivity contribution is -0.135. The quantitative estimate of drug-likeness (QED) is 0.697. The van der Waals surface area contributed by atoms with Crippen LogP contribution in [0, 0.1) is 5.92 Å². The number of ether oxygens (including phenoxy) is 2. The van der Waals surface area contributed by atoms with E-state index in [1.165, 1.54) is 12.1 Å². The molecule has 2 aliphatic rings. The highest BCUT2D eigenvalue weighted by Gasteiger charge is 2.33. The third kappa shape index (κ3) is 5.23. The van der Waals surface area contributed by atoms with Gasteiger partial charge in [0.15, 0.2) is 0 Å². The Balaban J connectivity index is 1.80. The van der Waals surface area contributed by atoms with Crippen molar-refractivity contribution in [3.63, 3.8) is 0 Å². The van der Waals surface area contributed by atoms with Crippen molar-refractivity contribution in [2.24, 2.45) is 5.92 Å². The third-order valence-corrected chi connectivity index (χ3v) is 4.41. The summed E-state index contributed by atoms with van der Waals surface area (Å²) in [5, 5.41) is 1.18. The molecule has 2 heterocycles. The fourth-order valence-corrected chi connectivity index (χ4v) is 2.93. The first kappa shape index (κ1) is 20.3. The van der Waals surface area contributed by atoms with Gasteiger partial charge in [0, 0.05) is 39.8 Å². The van der Waals surface area contributed by atoms with Crippen LogP contribution in [0.15, 0.2) is 0 Å². The van der Waals surface area contributed by atoms with E-state index in [4.69, 9.17) is 9.47 Å². The minimum Gasteiger partial charge on any atom is -0.444 e.